The molecule has 0 bridgehead atoms. The number of rotatable bonds is 8. The van der Waals surface area contributed by atoms with Crippen molar-refractivity contribution in [2.45, 2.75) is 59.5 Å². The van der Waals surface area contributed by atoms with Crippen LogP contribution in [-0.2, 0) is 9.53 Å². The Labute approximate surface area is 107 Å². The molecule has 0 aromatic heterocycles. The van der Waals surface area contributed by atoms with Crippen molar-refractivity contribution in [1.82, 2.24) is 4.90 Å². The van der Waals surface area contributed by atoms with E-state index in [4.69, 9.17) is 4.74 Å². The van der Waals surface area contributed by atoms with Crippen molar-refractivity contribution < 1.29 is 9.53 Å². The number of carbonyl (C=O) groups excluding carboxylic acids is 1. The highest BCUT2D eigenvalue weighted by molar-refractivity contribution is 5.75. The molecule has 102 valence electrons. The number of hydrogen-bond acceptors (Lipinski definition) is 2. The molecular formula is C14H29NO2. The average Bonchev–Trinajstić information content (AvgIpc) is 2.24. The number of nitrogens with zero attached hydrogens (tertiary/aromatic N) is 1. The van der Waals surface area contributed by atoms with Gasteiger partial charge in [-0.05, 0) is 39.5 Å². The molecule has 0 heterocycles. The van der Waals surface area contributed by atoms with Gasteiger partial charge < -0.3 is 9.64 Å². The number of hydrogen-bond donors (Lipinski definition) is 0. The molecule has 0 atom stereocenters. The molecule has 0 spiro atoms. The third kappa shape index (κ3) is 8.19. The summed E-state index contributed by atoms with van der Waals surface area (Å²) in [6, 6.07) is 0. The maximum absolute atomic E-state index is 11.7. The normalized spacial score (nSPS) is 11.9. The summed E-state index contributed by atoms with van der Waals surface area (Å²) in [4.78, 5) is 13.4. The average molecular weight is 243 g/mol. The van der Waals surface area contributed by atoms with Gasteiger partial charge >= 0.3 is 0 Å². The molecular weight excluding hydrogens is 214 g/mol. The number of carbonyl (C=O) groups is 1. The van der Waals surface area contributed by atoms with Crippen LogP contribution in [0.5, 0.6) is 0 Å². The lowest BCUT2D eigenvalue weighted by Gasteiger charge is -2.26. The smallest absolute Gasteiger partial charge is 0.222 e. The zero-order valence-electron chi connectivity index (χ0n) is 12.4. The maximum atomic E-state index is 11.7. The van der Waals surface area contributed by atoms with Gasteiger partial charge in [0.25, 0.3) is 0 Å². The van der Waals surface area contributed by atoms with Gasteiger partial charge in [0, 0.05) is 26.6 Å². The number of ether oxygens (including phenoxy) is 1. The van der Waals surface area contributed by atoms with E-state index < -0.39 is 0 Å². The van der Waals surface area contributed by atoms with E-state index in [0.717, 1.165) is 26.0 Å². The van der Waals surface area contributed by atoms with Crippen molar-refractivity contribution in [3.8, 4) is 0 Å². The van der Waals surface area contributed by atoms with Gasteiger partial charge in [0.1, 0.15) is 0 Å². The first-order valence-electron chi connectivity index (χ1n) is 6.66. The number of amides is 1. The van der Waals surface area contributed by atoms with Crippen LogP contribution in [0.1, 0.15) is 53.9 Å². The third-order valence-corrected chi connectivity index (χ3v) is 3.03. The standard InChI is InChI=1S/C14H29NO2/c1-7-15(6)13(16)8-10-14(4,5)17-11-9-12(2)3/h12H,7-11H2,1-6H3. The van der Waals surface area contributed by atoms with E-state index in [2.05, 4.69) is 27.7 Å². The Bertz CT molecular complexity index is 224. The van der Waals surface area contributed by atoms with Crippen molar-refractivity contribution in [3.63, 3.8) is 0 Å². The molecule has 0 aliphatic rings. The Kier molecular flexibility index (Phi) is 7.44. The minimum Gasteiger partial charge on any atom is -0.376 e. The molecule has 17 heavy (non-hydrogen) atoms. The molecule has 0 rings (SSSR count). The second kappa shape index (κ2) is 7.70. The lowest BCUT2D eigenvalue weighted by molar-refractivity contribution is -0.131. The Morgan fingerprint density at radius 1 is 1.35 bits per heavy atom. The first-order chi connectivity index (χ1) is 7.78. The Hall–Kier alpha value is -0.570. The molecule has 1 amide bonds. The predicted octanol–water partition coefficient (Wildman–Crippen LogP) is 3.09. The highest BCUT2D eigenvalue weighted by Crippen LogP contribution is 2.18. The van der Waals surface area contributed by atoms with Crippen LogP contribution >= 0.6 is 0 Å². The van der Waals surface area contributed by atoms with Gasteiger partial charge in [0.2, 0.25) is 5.91 Å². The van der Waals surface area contributed by atoms with E-state index >= 15 is 0 Å². The predicted molar refractivity (Wildman–Crippen MR) is 72.0 cm³/mol. The molecule has 0 aromatic carbocycles. The minimum absolute atomic E-state index is 0.195. The summed E-state index contributed by atoms with van der Waals surface area (Å²) in [5, 5.41) is 0. The third-order valence-electron chi connectivity index (χ3n) is 3.03. The summed E-state index contributed by atoms with van der Waals surface area (Å²) in [6.07, 6.45) is 2.43. The van der Waals surface area contributed by atoms with E-state index in [0.29, 0.717) is 12.3 Å². The Morgan fingerprint density at radius 3 is 2.41 bits per heavy atom. The highest BCUT2D eigenvalue weighted by Gasteiger charge is 2.20. The molecule has 0 saturated carbocycles. The van der Waals surface area contributed by atoms with E-state index in [1.54, 1.807) is 4.90 Å². The quantitative estimate of drug-likeness (QED) is 0.655. The molecule has 0 radical (unpaired) electrons. The molecule has 0 aliphatic carbocycles. The van der Waals surface area contributed by atoms with E-state index in [-0.39, 0.29) is 11.5 Å². The first kappa shape index (κ1) is 16.4. The van der Waals surface area contributed by atoms with Gasteiger partial charge in [-0.25, -0.2) is 0 Å². The van der Waals surface area contributed by atoms with Crippen LogP contribution in [0.2, 0.25) is 0 Å². The largest absolute Gasteiger partial charge is 0.376 e. The summed E-state index contributed by atoms with van der Waals surface area (Å²) in [6.45, 7) is 12.0. The van der Waals surface area contributed by atoms with Crippen LogP contribution in [0, 0.1) is 5.92 Å². The van der Waals surface area contributed by atoms with Gasteiger partial charge in [-0.1, -0.05) is 13.8 Å². The summed E-state index contributed by atoms with van der Waals surface area (Å²) in [7, 11) is 1.84. The molecule has 0 aromatic rings. The zero-order valence-corrected chi connectivity index (χ0v) is 12.4. The molecule has 0 N–H and O–H groups in total. The Morgan fingerprint density at radius 2 is 1.94 bits per heavy atom. The van der Waals surface area contributed by atoms with Crippen molar-refractivity contribution in [1.29, 1.82) is 0 Å². The summed E-state index contributed by atoms with van der Waals surface area (Å²) < 4.78 is 5.83. The van der Waals surface area contributed by atoms with Crippen molar-refractivity contribution in [2.24, 2.45) is 5.92 Å². The lowest BCUT2D eigenvalue weighted by atomic mass is 10.0. The molecule has 3 heteroatoms. The lowest BCUT2D eigenvalue weighted by Crippen LogP contribution is -2.31. The van der Waals surface area contributed by atoms with E-state index in [1.165, 1.54) is 0 Å². The summed E-state index contributed by atoms with van der Waals surface area (Å²) in [5.41, 5.74) is -0.195. The topological polar surface area (TPSA) is 29.5 Å². The fraction of sp³-hybridized carbons (Fsp3) is 0.929. The molecule has 3 nitrogen and oxygen atoms in total. The summed E-state index contributed by atoms with van der Waals surface area (Å²) in [5.74, 6) is 0.867. The van der Waals surface area contributed by atoms with Gasteiger partial charge in [-0.15, -0.1) is 0 Å². The second-order valence-electron chi connectivity index (χ2n) is 5.70. The summed E-state index contributed by atoms with van der Waals surface area (Å²) >= 11 is 0. The molecule has 0 unspecified atom stereocenters. The van der Waals surface area contributed by atoms with Crippen LogP contribution in [0.15, 0.2) is 0 Å². The van der Waals surface area contributed by atoms with Crippen molar-refractivity contribution >= 4 is 5.91 Å². The molecule has 0 saturated heterocycles. The Balaban J connectivity index is 3.88. The van der Waals surface area contributed by atoms with Crippen LogP contribution in [-0.4, -0.2) is 36.6 Å². The maximum Gasteiger partial charge on any atom is 0.222 e. The van der Waals surface area contributed by atoms with Crippen molar-refractivity contribution in [2.75, 3.05) is 20.2 Å². The van der Waals surface area contributed by atoms with Gasteiger partial charge in [0.05, 0.1) is 5.60 Å². The second-order valence-corrected chi connectivity index (χ2v) is 5.70. The molecule has 0 fully saturated rings. The molecule has 0 aliphatic heterocycles. The van der Waals surface area contributed by atoms with Crippen LogP contribution < -0.4 is 0 Å². The van der Waals surface area contributed by atoms with Gasteiger partial charge in [-0.3, -0.25) is 4.79 Å². The minimum atomic E-state index is -0.195. The van der Waals surface area contributed by atoms with Crippen LogP contribution in [0.25, 0.3) is 0 Å². The first-order valence-corrected chi connectivity index (χ1v) is 6.66. The fourth-order valence-corrected chi connectivity index (χ4v) is 1.42. The zero-order chi connectivity index (χ0) is 13.5. The van der Waals surface area contributed by atoms with Crippen LogP contribution in [0.4, 0.5) is 0 Å². The van der Waals surface area contributed by atoms with Crippen LogP contribution in [0.3, 0.4) is 0 Å². The SMILES string of the molecule is CCN(C)C(=O)CCC(C)(C)OCCC(C)C. The van der Waals surface area contributed by atoms with Gasteiger partial charge in [0.15, 0.2) is 0 Å². The fourth-order valence-electron chi connectivity index (χ4n) is 1.42. The van der Waals surface area contributed by atoms with Gasteiger partial charge in [-0.2, -0.15) is 0 Å². The van der Waals surface area contributed by atoms with E-state index in [9.17, 15) is 4.79 Å². The van der Waals surface area contributed by atoms with Crippen molar-refractivity contribution in [3.05, 3.63) is 0 Å². The highest BCUT2D eigenvalue weighted by atomic mass is 16.5. The van der Waals surface area contributed by atoms with E-state index in [1.807, 2.05) is 14.0 Å². The monoisotopic (exact) mass is 243 g/mol.